The molecule has 0 radical (unpaired) electrons. The van der Waals surface area contributed by atoms with Crippen LogP contribution in [-0.2, 0) is 0 Å². The molecule has 1 aliphatic rings. The van der Waals surface area contributed by atoms with Gasteiger partial charge in [0.15, 0.2) is 0 Å². The highest BCUT2D eigenvalue weighted by atomic mass is 16.3. The number of aliphatic hydroxyl groups excluding tert-OH is 1. The second kappa shape index (κ2) is 6.86. The average Bonchev–Trinajstić information content (AvgIpc) is 2.46. The molecule has 0 spiro atoms. The second-order valence-electron chi connectivity index (χ2n) is 5.74. The van der Waals surface area contributed by atoms with Crippen molar-refractivity contribution in [1.29, 1.82) is 0 Å². The molecule has 20 heavy (non-hydrogen) atoms. The van der Waals surface area contributed by atoms with Crippen molar-refractivity contribution in [3.63, 3.8) is 0 Å². The maximum absolute atomic E-state index is 12.5. The van der Waals surface area contributed by atoms with Crippen LogP contribution in [0.4, 0.5) is 0 Å². The Morgan fingerprint density at radius 1 is 1.40 bits per heavy atom. The summed E-state index contributed by atoms with van der Waals surface area (Å²) >= 11 is 0. The molecule has 1 aromatic carbocycles. The van der Waals surface area contributed by atoms with Gasteiger partial charge in [0.2, 0.25) is 0 Å². The first-order chi connectivity index (χ1) is 9.60. The van der Waals surface area contributed by atoms with Gasteiger partial charge in [-0.2, -0.15) is 0 Å². The van der Waals surface area contributed by atoms with Gasteiger partial charge in [0, 0.05) is 24.7 Å². The molecule has 1 heterocycles. The number of hydrogen-bond donors (Lipinski definition) is 2. The van der Waals surface area contributed by atoms with Gasteiger partial charge in [0.05, 0.1) is 6.10 Å². The highest BCUT2D eigenvalue weighted by Gasteiger charge is 2.29. The van der Waals surface area contributed by atoms with Crippen LogP contribution in [0.3, 0.4) is 0 Å². The van der Waals surface area contributed by atoms with E-state index in [2.05, 4.69) is 0 Å². The summed E-state index contributed by atoms with van der Waals surface area (Å²) in [5.74, 6) is 0.332. The fourth-order valence-electron chi connectivity index (χ4n) is 2.90. The zero-order chi connectivity index (χ0) is 14.5. The minimum absolute atomic E-state index is 0.00506. The van der Waals surface area contributed by atoms with E-state index in [0.717, 1.165) is 19.3 Å². The molecular formula is C16H24N2O2. The topological polar surface area (TPSA) is 66.6 Å². The first-order valence-corrected chi connectivity index (χ1v) is 7.38. The van der Waals surface area contributed by atoms with E-state index in [0.29, 0.717) is 24.6 Å². The minimum atomic E-state index is -0.293. The zero-order valence-corrected chi connectivity index (χ0v) is 12.0. The lowest BCUT2D eigenvalue weighted by atomic mass is 9.89. The second-order valence-corrected chi connectivity index (χ2v) is 5.74. The van der Waals surface area contributed by atoms with E-state index in [1.54, 1.807) is 0 Å². The third-order valence-electron chi connectivity index (χ3n) is 3.95. The van der Waals surface area contributed by atoms with Crippen molar-refractivity contribution in [1.82, 2.24) is 4.90 Å². The Bertz CT molecular complexity index is 435. The van der Waals surface area contributed by atoms with E-state index in [9.17, 15) is 9.90 Å². The van der Waals surface area contributed by atoms with Gasteiger partial charge in [0.1, 0.15) is 0 Å². The number of nitrogens with two attached hydrogens (primary N) is 1. The molecule has 1 amide bonds. The number of rotatable bonds is 4. The number of carbonyl (C=O) groups is 1. The summed E-state index contributed by atoms with van der Waals surface area (Å²) in [6.07, 6.45) is 2.07. The Hall–Kier alpha value is -1.39. The highest BCUT2D eigenvalue weighted by Crippen LogP contribution is 2.22. The number of hydrogen-bond acceptors (Lipinski definition) is 3. The summed E-state index contributed by atoms with van der Waals surface area (Å²) in [7, 11) is 0. The number of benzene rings is 1. The van der Waals surface area contributed by atoms with Gasteiger partial charge >= 0.3 is 0 Å². The van der Waals surface area contributed by atoms with E-state index < -0.39 is 0 Å². The van der Waals surface area contributed by atoms with Gasteiger partial charge in [-0.25, -0.2) is 0 Å². The Morgan fingerprint density at radius 2 is 2.10 bits per heavy atom. The fraction of sp³-hybridized carbons (Fsp3) is 0.562. The van der Waals surface area contributed by atoms with Crippen molar-refractivity contribution in [2.45, 2.75) is 38.3 Å². The van der Waals surface area contributed by atoms with Crippen LogP contribution in [-0.4, -0.2) is 41.1 Å². The molecule has 4 heteroatoms. The molecule has 0 saturated carbocycles. The lowest BCUT2D eigenvalue weighted by Gasteiger charge is -2.37. The maximum Gasteiger partial charge on any atom is 0.253 e. The van der Waals surface area contributed by atoms with E-state index >= 15 is 0 Å². The van der Waals surface area contributed by atoms with E-state index in [1.807, 2.05) is 42.2 Å². The molecule has 2 rings (SSSR count). The van der Waals surface area contributed by atoms with Crippen LogP contribution in [0.1, 0.15) is 36.5 Å². The van der Waals surface area contributed by atoms with Crippen molar-refractivity contribution in [3.8, 4) is 0 Å². The molecule has 4 nitrogen and oxygen atoms in total. The van der Waals surface area contributed by atoms with Crippen LogP contribution in [0.15, 0.2) is 30.3 Å². The van der Waals surface area contributed by atoms with Crippen molar-refractivity contribution < 1.29 is 9.90 Å². The Labute approximate surface area is 120 Å². The predicted molar refractivity (Wildman–Crippen MR) is 79.3 cm³/mol. The molecule has 110 valence electrons. The third-order valence-corrected chi connectivity index (χ3v) is 3.95. The van der Waals surface area contributed by atoms with E-state index in [-0.39, 0.29) is 18.1 Å². The summed E-state index contributed by atoms with van der Waals surface area (Å²) in [4.78, 5) is 14.3. The predicted octanol–water partition coefficient (Wildman–Crippen LogP) is 1.64. The normalized spacial score (nSPS) is 24.4. The van der Waals surface area contributed by atoms with Gasteiger partial charge in [-0.05, 0) is 37.3 Å². The summed E-state index contributed by atoms with van der Waals surface area (Å²) in [6, 6.07) is 9.31. The van der Waals surface area contributed by atoms with Crippen LogP contribution in [0.2, 0.25) is 0 Å². The van der Waals surface area contributed by atoms with Crippen LogP contribution >= 0.6 is 0 Å². The standard InChI is InChI=1S/C16H24N2O2/c1-2-15(19)9-12-8-14(17)11-18(10-12)16(20)13-6-4-3-5-7-13/h3-7,12,14-15,19H,2,8-11,17H2,1H3. The first kappa shape index (κ1) is 15.0. The SMILES string of the molecule is CCC(O)CC1CC(N)CN(C(=O)c2ccccc2)C1. The third kappa shape index (κ3) is 3.81. The molecule has 3 unspecified atom stereocenters. The summed E-state index contributed by atoms with van der Waals surface area (Å²) in [6.45, 7) is 3.27. The lowest BCUT2D eigenvalue weighted by Crippen LogP contribution is -2.50. The quantitative estimate of drug-likeness (QED) is 0.878. The molecule has 0 aliphatic carbocycles. The zero-order valence-electron chi connectivity index (χ0n) is 12.0. The van der Waals surface area contributed by atoms with Crippen molar-refractivity contribution in [3.05, 3.63) is 35.9 Å². The van der Waals surface area contributed by atoms with Gasteiger partial charge in [-0.1, -0.05) is 25.1 Å². The highest BCUT2D eigenvalue weighted by molar-refractivity contribution is 5.94. The van der Waals surface area contributed by atoms with Crippen LogP contribution in [0.25, 0.3) is 0 Å². The average molecular weight is 276 g/mol. The Balaban J connectivity index is 2.02. The lowest BCUT2D eigenvalue weighted by molar-refractivity contribution is 0.0568. The number of aliphatic hydroxyl groups is 1. The summed E-state index contributed by atoms with van der Waals surface area (Å²) in [5.41, 5.74) is 6.78. The number of nitrogens with zero attached hydrogens (tertiary/aromatic N) is 1. The molecule has 3 N–H and O–H groups in total. The molecule has 1 saturated heterocycles. The Morgan fingerprint density at radius 3 is 2.75 bits per heavy atom. The number of likely N-dealkylation sites (tertiary alicyclic amines) is 1. The van der Waals surface area contributed by atoms with Crippen molar-refractivity contribution in [2.75, 3.05) is 13.1 Å². The van der Waals surface area contributed by atoms with Crippen LogP contribution < -0.4 is 5.73 Å². The monoisotopic (exact) mass is 276 g/mol. The molecule has 0 aromatic heterocycles. The number of amides is 1. The number of piperidine rings is 1. The molecule has 1 aliphatic heterocycles. The Kier molecular flexibility index (Phi) is 5.15. The summed E-state index contributed by atoms with van der Waals surface area (Å²) in [5, 5.41) is 9.79. The first-order valence-electron chi connectivity index (χ1n) is 7.38. The molecular weight excluding hydrogens is 252 g/mol. The molecule has 3 atom stereocenters. The minimum Gasteiger partial charge on any atom is -0.393 e. The number of carbonyl (C=O) groups excluding carboxylic acids is 1. The molecule has 1 fully saturated rings. The summed E-state index contributed by atoms with van der Waals surface area (Å²) < 4.78 is 0. The maximum atomic E-state index is 12.5. The fourth-order valence-corrected chi connectivity index (χ4v) is 2.90. The van der Waals surface area contributed by atoms with Gasteiger partial charge in [-0.3, -0.25) is 4.79 Å². The van der Waals surface area contributed by atoms with Crippen LogP contribution in [0, 0.1) is 5.92 Å². The van der Waals surface area contributed by atoms with Crippen LogP contribution in [0.5, 0.6) is 0 Å². The largest absolute Gasteiger partial charge is 0.393 e. The van der Waals surface area contributed by atoms with Crippen molar-refractivity contribution in [2.24, 2.45) is 11.7 Å². The van der Waals surface area contributed by atoms with E-state index in [4.69, 9.17) is 5.73 Å². The van der Waals surface area contributed by atoms with Gasteiger partial charge < -0.3 is 15.7 Å². The van der Waals surface area contributed by atoms with Crippen molar-refractivity contribution >= 4 is 5.91 Å². The van der Waals surface area contributed by atoms with Gasteiger partial charge in [0.25, 0.3) is 5.91 Å². The smallest absolute Gasteiger partial charge is 0.253 e. The molecule has 1 aromatic rings. The molecule has 0 bridgehead atoms. The van der Waals surface area contributed by atoms with E-state index in [1.165, 1.54) is 0 Å². The van der Waals surface area contributed by atoms with Gasteiger partial charge in [-0.15, -0.1) is 0 Å².